The Labute approximate surface area is 193 Å². The molecule has 1 aromatic heterocycles. The highest BCUT2D eigenvalue weighted by molar-refractivity contribution is 6.46. The van der Waals surface area contributed by atoms with Gasteiger partial charge in [-0.15, -0.1) is 0 Å². The fraction of sp³-hybridized carbons (Fsp3) is 0.308. The van der Waals surface area contributed by atoms with E-state index in [0.717, 1.165) is 35.2 Å². The molecule has 3 aromatic rings. The van der Waals surface area contributed by atoms with Crippen LogP contribution in [0.25, 0.3) is 16.7 Å². The highest BCUT2D eigenvalue weighted by atomic mass is 16.5. The number of amides is 1. The number of carbonyl (C=O) groups excluding carboxylic acids is 2. The number of benzene rings is 2. The Bertz CT molecular complexity index is 1190. The summed E-state index contributed by atoms with van der Waals surface area (Å²) in [6.45, 7) is 6.48. The lowest BCUT2D eigenvalue weighted by molar-refractivity contribution is -0.140. The molecule has 7 heteroatoms. The summed E-state index contributed by atoms with van der Waals surface area (Å²) in [7, 11) is 1.55. The van der Waals surface area contributed by atoms with Crippen molar-refractivity contribution in [2.24, 2.45) is 0 Å². The highest BCUT2D eigenvalue weighted by Crippen LogP contribution is 2.40. The average molecular weight is 448 g/mol. The highest BCUT2D eigenvalue weighted by Gasteiger charge is 2.46. The van der Waals surface area contributed by atoms with Crippen LogP contribution in [0.4, 0.5) is 5.69 Å². The molecule has 0 radical (unpaired) electrons. The third-order valence-electron chi connectivity index (χ3n) is 6.26. The number of rotatable bonds is 8. The molecule has 1 saturated heterocycles. The first kappa shape index (κ1) is 22.6. The lowest BCUT2D eigenvalue weighted by Gasteiger charge is -2.26. The van der Waals surface area contributed by atoms with E-state index in [1.165, 1.54) is 4.90 Å². The summed E-state index contributed by atoms with van der Waals surface area (Å²) in [5.41, 5.74) is 3.26. The summed E-state index contributed by atoms with van der Waals surface area (Å²) in [5, 5.41) is 12.1. The van der Waals surface area contributed by atoms with Crippen LogP contribution in [0.15, 0.2) is 60.3 Å². The van der Waals surface area contributed by atoms with Crippen LogP contribution in [0.5, 0.6) is 0 Å². The average Bonchev–Trinajstić information content (AvgIpc) is 3.38. The largest absolute Gasteiger partial charge is 0.507 e. The number of likely N-dealkylation sites (tertiary alicyclic amines) is 1. The number of Topliss-reactive ketones (excluding diaryl/α,β-unsaturated/α-hetero) is 1. The van der Waals surface area contributed by atoms with Crippen molar-refractivity contribution < 1.29 is 19.4 Å². The molecule has 1 amide bonds. The fourth-order valence-corrected chi connectivity index (χ4v) is 4.52. The van der Waals surface area contributed by atoms with Gasteiger partial charge < -0.3 is 24.6 Å². The Hall–Kier alpha value is -3.58. The number of nitrogens with zero attached hydrogens (tertiary/aromatic N) is 2. The van der Waals surface area contributed by atoms with E-state index >= 15 is 0 Å². The van der Waals surface area contributed by atoms with Crippen molar-refractivity contribution in [3.05, 3.63) is 71.4 Å². The number of para-hydroxylation sites is 1. The molecule has 2 aromatic carbocycles. The number of aromatic nitrogens is 1. The molecule has 172 valence electrons. The Morgan fingerprint density at radius 3 is 2.45 bits per heavy atom. The first-order chi connectivity index (χ1) is 16.0. The molecule has 1 fully saturated rings. The molecule has 1 atom stereocenters. The molecule has 0 spiro atoms. The molecule has 1 unspecified atom stereocenters. The van der Waals surface area contributed by atoms with Gasteiger partial charge in [-0.2, -0.15) is 0 Å². The van der Waals surface area contributed by atoms with Gasteiger partial charge in [-0.25, -0.2) is 0 Å². The summed E-state index contributed by atoms with van der Waals surface area (Å²) in [4.78, 5) is 32.9. The molecular weight excluding hydrogens is 418 g/mol. The standard InChI is InChI=1S/C26H29N3O4/c1-4-28(5-2)18-12-10-17(11-13-18)23-22(25(31)26(32)29(23)14-15-33-3)24(30)20-16-27-21-9-7-6-8-19(20)21/h6-13,16,23,27,30H,4-5,14-15H2,1-3H3/b24-22-. The zero-order chi connectivity index (χ0) is 23.5. The topological polar surface area (TPSA) is 85.9 Å². The van der Waals surface area contributed by atoms with E-state index in [-0.39, 0.29) is 24.5 Å². The Morgan fingerprint density at radius 1 is 1.09 bits per heavy atom. The minimum atomic E-state index is -0.695. The van der Waals surface area contributed by atoms with Gasteiger partial charge in [0, 0.05) is 55.1 Å². The van der Waals surface area contributed by atoms with Crippen molar-refractivity contribution in [3.8, 4) is 0 Å². The predicted octanol–water partition coefficient (Wildman–Crippen LogP) is 4.08. The van der Waals surface area contributed by atoms with Gasteiger partial charge in [-0.1, -0.05) is 30.3 Å². The second kappa shape index (κ2) is 9.50. The van der Waals surface area contributed by atoms with Gasteiger partial charge in [0.25, 0.3) is 11.7 Å². The Balaban J connectivity index is 1.84. The summed E-state index contributed by atoms with van der Waals surface area (Å²) >= 11 is 0. The summed E-state index contributed by atoms with van der Waals surface area (Å²) in [6, 6.07) is 14.7. The number of fused-ring (bicyclic) bond motifs is 1. The van der Waals surface area contributed by atoms with Gasteiger partial charge in [0.2, 0.25) is 0 Å². The number of aliphatic hydroxyl groups excluding tert-OH is 1. The lowest BCUT2D eigenvalue weighted by atomic mass is 9.95. The van der Waals surface area contributed by atoms with E-state index in [4.69, 9.17) is 4.74 Å². The molecule has 2 heterocycles. The molecular formula is C26H29N3O4. The van der Waals surface area contributed by atoms with Gasteiger partial charge in [-0.05, 0) is 37.6 Å². The van der Waals surface area contributed by atoms with Crippen LogP contribution >= 0.6 is 0 Å². The number of nitrogens with one attached hydrogen (secondary N) is 1. The third kappa shape index (κ3) is 4.00. The molecule has 2 N–H and O–H groups in total. The number of anilines is 1. The number of methoxy groups -OCH3 is 1. The predicted molar refractivity (Wildman–Crippen MR) is 129 cm³/mol. The second-order valence-electron chi connectivity index (χ2n) is 8.00. The van der Waals surface area contributed by atoms with Crippen molar-refractivity contribution in [3.63, 3.8) is 0 Å². The van der Waals surface area contributed by atoms with Crippen molar-refractivity contribution >= 4 is 34.0 Å². The number of ether oxygens (including phenoxy) is 1. The zero-order valence-corrected chi connectivity index (χ0v) is 19.2. The smallest absolute Gasteiger partial charge is 0.295 e. The number of carbonyl (C=O) groups is 2. The van der Waals surface area contributed by atoms with E-state index < -0.39 is 17.7 Å². The van der Waals surface area contributed by atoms with Crippen LogP contribution in [0, 0.1) is 0 Å². The second-order valence-corrected chi connectivity index (χ2v) is 8.00. The maximum Gasteiger partial charge on any atom is 0.295 e. The van der Waals surface area contributed by atoms with Crippen molar-refractivity contribution in [1.29, 1.82) is 0 Å². The minimum Gasteiger partial charge on any atom is -0.507 e. The molecule has 1 aliphatic heterocycles. The van der Waals surface area contributed by atoms with E-state index in [1.807, 2.05) is 48.5 Å². The van der Waals surface area contributed by atoms with E-state index in [9.17, 15) is 14.7 Å². The Morgan fingerprint density at radius 2 is 1.79 bits per heavy atom. The SMILES string of the molecule is CCN(CC)c1ccc(C2/C(=C(/O)c3c[nH]c4ccccc34)C(=O)C(=O)N2CCOC)cc1. The van der Waals surface area contributed by atoms with E-state index in [2.05, 4.69) is 23.7 Å². The van der Waals surface area contributed by atoms with Gasteiger partial charge in [0.15, 0.2) is 0 Å². The van der Waals surface area contributed by atoms with E-state index in [1.54, 1.807) is 13.3 Å². The number of aromatic amines is 1. The summed E-state index contributed by atoms with van der Waals surface area (Å²) < 4.78 is 5.18. The minimum absolute atomic E-state index is 0.0939. The first-order valence-corrected chi connectivity index (χ1v) is 11.2. The van der Waals surface area contributed by atoms with Crippen molar-refractivity contribution in [1.82, 2.24) is 9.88 Å². The molecule has 1 aliphatic rings. The van der Waals surface area contributed by atoms with Crippen LogP contribution in [0.1, 0.15) is 31.0 Å². The number of H-pyrrole nitrogens is 1. The molecule has 0 bridgehead atoms. The quantitative estimate of drug-likeness (QED) is 0.309. The summed E-state index contributed by atoms with van der Waals surface area (Å²) in [6.07, 6.45) is 1.67. The molecule has 0 aliphatic carbocycles. The first-order valence-electron chi connectivity index (χ1n) is 11.2. The van der Waals surface area contributed by atoms with Crippen LogP contribution in [0.2, 0.25) is 0 Å². The maximum absolute atomic E-state index is 13.1. The van der Waals surface area contributed by atoms with Crippen LogP contribution in [-0.2, 0) is 14.3 Å². The van der Waals surface area contributed by atoms with Gasteiger partial charge in [-0.3, -0.25) is 9.59 Å². The number of hydrogen-bond donors (Lipinski definition) is 2. The van der Waals surface area contributed by atoms with Crippen LogP contribution in [-0.4, -0.2) is 60.0 Å². The third-order valence-corrected chi connectivity index (χ3v) is 6.26. The normalized spacial score (nSPS) is 17.8. The van der Waals surface area contributed by atoms with Crippen molar-refractivity contribution in [2.75, 3.05) is 38.3 Å². The number of hydrogen-bond acceptors (Lipinski definition) is 5. The van der Waals surface area contributed by atoms with Gasteiger partial charge >= 0.3 is 0 Å². The molecule has 0 saturated carbocycles. The summed E-state index contributed by atoms with van der Waals surface area (Å²) in [5.74, 6) is -1.50. The Kier molecular flexibility index (Phi) is 6.51. The molecule has 4 rings (SSSR count). The maximum atomic E-state index is 13.1. The number of aliphatic hydroxyl groups is 1. The molecule has 7 nitrogen and oxygen atoms in total. The van der Waals surface area contributed by atoms with Gasteiger partial charge in [0.05, 0.1) is 18.2 Å². The van der Waals surface area contributed by atoms with Gasteiger partial charge in [0.1, 0.15) is 5.76 Å². The van der Waals surface area contributed by atoms with Crippen molar-refractivity contribution in [2.45, 2.75) is 19.9 Å². The van der Waals surface area contributed by atoms with Crippen LogP contribution in [0.3, 0.4) is 0 Å². The fourth-order valence-electron chi connectivity index (χ4n) is 4.52. The van der Waals surface area contributed by atoms with Crippen LogP contribution < -0.4 is 4.90 Å². The monoisotopic (exact) mass is 447 g/mol. The zero-order valence-electron chi connectivity index (χ0n) is 19.2. The molecule has 33 heavy (non-hydrogen) atoms. The number of ketones is 1. The van der Waals surface area contributed by atoms with E-state index in [0.29, 0.717) is 5.56 Å². The lowest BCUT2D eigenvalue weighted by Crippen LogP contribution is -2.32.